The zero-order valence-corrected chi connectivity index (χ0v) is 38.0. The number of likely N-dealkylation sites (N-methyl/N-ethyl adjacent to an activating group) is 1. The maximum atomic E-state index is 12.9. The van der Waals surface area contributed by atoms with Gasteiger partial charge in [0.05, 0.1) is 39.9 Å². The van der Waals surface area contributed by atoms with Gasteiger partial charge in [-0.1, -0.05) is 212 Å². The molecule has 1 amide bonds. The standard InChI is InChI=1S/C46H93N2O6P/c1-6-8-10-12-14-16-18-20-21-22-23-24-25-26-28-30-32-34-36-38-40-46(50)47-44(43-54-55(51,52)53-42-41-48(3,4)5)45(49)39-37-35-33-31-29-27-19-17-15-13-11-9-7-2/h37,39,44-45,49H,6-36,38,40-43H2,1-5H3,(H-,47,50,51,52)/b39-37+/t44-,45+/m0/s1. The number of allylic oxidation sites excluding steroid dienone is 1. The Morgan fingerprint density at radius 3 is 1.36 bits per heavy atom. The Balaban J connectivity index is 4.29. The van der Waals surface area contributed by atoms with E-state index in [1.165, 1.54) is 167 Å². The summed E-state index contributed by atoms with van der Waals surface area (Å²) >= 11 is 0. The van der Waals surface area contributed by atoms with Crippen molar-refractivity contribution in [3.05, 3.63) is 12.2 Å². The minimum Gasteiger partial charge on any atom is -0.756 e. The summed E-state index contributed by atoms with van der Waals surface area (Å²) in [6.45, 7) is 4.66. The van der Waals surface area contributed by atoms with Gasteiger partial charge in [-0.15, -0.1) is 0 Å². The number of carbonyl (C=O) groups excluding carboxylic acids is 1. The van der Waals surface area contributed by atoms with E-state index in [2.05, 4.69) is 19.2 Å². The lowest BCUT2D eigenvalue weighted by atomic mass is 10.0. The molecule has 0 aliphatic rings. The molecule has 9 heteroatoms. The minimum atomic E-state index is -4.58. The third-order valence-electron chi connectivity index (χ3n) is 10.7. The molecule has 0 aliphatic carbocycles. The Kier molecular flexibility index (Phi) is 38.2. The molecular weight excluding hydrogens is 707 g/mol. The van der Waals surface area contributed by atoms with Gasteiger partial charge in [0.15, 0.2) is 0 Å². The van der Waals surface area contributed by atoms with Crippen LogP contribution in [-0.2, 0) is 18.4 Å². The van der Waals surface area contributed by atoms with Crippen LogP contribution in [0.3, 0.4) is 0 Å². The first-order valence-corrected chi connectivity index (χ1v) is 25.0. The number of phosphoric acid groups is 1. The Morgan fingerprint density at radius 2 is 0.982 bits per heavy atom. The third kappa shape index (κ3) is 41.2. The fourth-order valence-corrected chi connectivity index (χ4v) is 7.70. The first-order chi connectivity index (χ1) is 26.5. The maximum absolute atomic E-state index is 12.9. The number of quaternary nitrogens is 1. The Hall–Kier alpha value is -0.760. The number of carbonyl (C=O) groups is 1. The van der Waals surface area contributed by atoms with E-state index < -0.39 is 20.0 Å². The number of nitrogens with one attached hydrogen (secondary N) is 1. The van der Waals surface area contributed by atoms with Crippen molar-refractivity contribution in [3.63, 3.8) is 0 Å². The van der Waals surface area contributed by atoms with Crippen molar-refractivity contribution in [2.75, 3.05) is 40.9 Å². The van der Waals surface area contributed by atoms with Crippen molar-refractivity contribution >= 4 is 13.7 Å². The largest absolute Gasteiger partial charge is 0.756 e. The second-order valence-corrected chi connectivity index (χ2v) is 18.9. The fourth-order valence-electron chi connectivity index (χ4n) is 6.98. The number of nitrogens with zero attached hydrogens (tertiary/aromatic N) is 1. The van der Waals surface area contributed by atoms with Gasteiger partial charge in [0.25, 0.3) is 7.82 Å². The number of rotatable bonds is 43. The van der Waals surface area contributed by atoms with Crippen LogP contribution in [-0.4, -0.2) is 68.5 Å². The van der Waals surface area contributed by atoms with Gasteiger partial charge in [0.2, 0.25) is 5.91 Å². The molecule has 0 aromatic carbocycles. The van der Waals surface area contributed by atoms with Crippen LogP contribution >= 0.6 is 7.82 Å². The average molecular weight is 801 g/mol. The van der Waals surface area contributed by atoms with E-state index in [1.54, 1.807) is 6.08 Å². The molecule has 0 aliphatic heterocycles. The smallest absolute Gasteiger partial charge is 0.268 e. The lowest BCUT2D eigenvalue weighted by Gasteiger charge is -2.29. The molecule has 0 aromatic heterocycles. The molecule has 0 heterocycles. The Bertz CT molecular complexity index is 911. The second-order valence-electron chi connectivity index (χ2n) is 17.5. The number of amides is 1. The number of hydrogen-bond acceptors (Lipinski definition) is 6. The van der Waals surface area contributed by atoms with Crippen molar-refractivity contribution < 1.29 is 32.9 Å². The Morgan fingerprint density at radius 1 is 0.618 bits per heavy atom. The molecule has 0 spiro atoms. The lowest BCUT2D eigenvalue weighted by molar-refractivity contribution is -0.870. The van der Waals surface area contributed by atoms with E-state index in [0.29, 0.717) is 17.4 Å². The molecule has 0 saturated carbocycles. The highest BCUT2D eigenvalue weighted by Crippen LogP contribution is 2.38. The highest BCUT2D eigenvalue weighted by molar-refractivity contribution is 7.45. The molecule has 0 aromatic rings. The van der Waals surface area contributed by atoms with Gasteiger partial charge in [0.1, 0.15) is 13.2 Å². The number of aliphatic hydroxyl groups is 1. The summed E-state index contributed by atoms with van der Waals surface area (Å²) in [6, 6.07) is -0.879. The van der Waals surface area contributed by atoms with Crippen LogP contribution in [0.15, 0.2) is 12.2 Å². The lowest BCUT2D eigenvalue weighted by Crippen LogP contribution is -2.45. The van der Waals surface area contributed by atoms with Crippen LogP contribution in [0.4, 0.5) is 0 Å². The molecule has 0 bridgehead atoms. The molecule has 55 heavy (non-hydrogen) atoms. The van der Waals surface area contributed by atoms with Crippen molar-refractivity contribution in [3.8, 4) is 0 Å². The molecule has 0 rings (SSSR count). The summed E-state index contributed by atoms with van der Waals surface area (Å²) in [5, 5.41) is 13.8. The summed E-state index contributed by atoms with van der Waals surface area (Å²) in [4.78, 5) is 25.3. The van der Waals surface area contributed by atoms with Crippen molar-refractivity contribution in [2.24, 2.45) is 0 Å². The molecule has 1 unspecified atom stereocenters. The summed E-state index contributed by atoms with van der Waals surface area (Å²) in [7, 11) is 1.27. The number of aliphatic hydroxyl groups excluding tert-OH is 1. The molecule has 8 nitrogen and oxygen atoms in total. The molecule has 3 atom stereocenters. The van der Waals surface area contributed by atoms with Gasteiger partial charge in [-0.25, -0.2) is 0 Å². The third-order valence-corrected chi connectivity index (χ3v) is 11.7. The summed E-state index contributed by atoms with van der Waals surface area (Å²) in [5.74, 6) is -0.194. The van der Waals surface area contributed by atoms with Gasteiger partial charge in [0, 0.05) is 6.42 Å². The van der Waals surface area contributed by atoms with E-state index in [9.17, 15) is 19.4 Å². The predicted octanol–water partition coefficient (Wildman–Crippen LogP) is 12.5. The summed E-state index contributed by atoms with van der Waals surface area (Å²) < 4.78 is 23.2. The molecule has 328 valence electrons. The highest BCUT2D eigenvalue weighted by Gasteiger charge is 2.23. The van der Waals surface area contributed by atoms with Crippen LogP contribution in [0, 0.1) is 0 Å². The monoisotopic (exact) mass is 801 g/mol. The van der Waals surface area contributed by atoms with Crippen molar-refractivity contribution in [2.45, 2.75) is 238 Å². The number of hydrogen-bond donors (Lipinski definition) is 2. The van der Waals surface area contributed by atoms with E-state index in [1.807, 2.05) is 27.2 Å². The van der Waals surface area contributed by atoms with E-state index in [4.69, 9.17) is 9.05 Å². The van der Waals surface area contributed by atoms with Crippen LogP contribution < -0.4 is 10.2 Å². The molecule has 0 fully saturated rings. The van der Waals surface area contributed by atoms with Gasteiger partial charge >= 0.3 is 0 Å². The molecular formula is C46H93N2O6P. The second kappa shape index (κ2) is 38.7. The van der Waals surface area contributed by atoms with Gasteiger partial charge in [-0.05, 0) is 19.3 Å². The first-order valence-electron chi connectivity index (χ1n) is 23.6. The average Bonchev–Trinajstić information content (AvgIpc) is 3.13. The first kappa shape index (κ1) is 54.2. The zero-order valence-electron chi connectivity index (χ0n) is 37.1. The van der Waals surface area contributed by atoms with E-state index >= 15 is 0 Å². The predicted molar refractivity (Wildman–Crippen MR) is 233 cm³/mol. The summed E-state index contributed by atoms with van der Waals surface area (Å²) in [6.07, 6.45) is 44.0. The summed E-state index contributed by atoms with van der Waals surface area (Å²) in [5.41, 5.74) is 0. The number of unbranched alkanes of at least 4 members (excludes halogenated alkanes) is 30. The van der Waals surface area contributed by atoms with E-state index in [-0.39, 0.29) is 19.1 Å². The topological polar surface area (TPSA) is 108 Å². The van der Waals surface area contributed by atoms with Gasteiger partial charge in [-0.3, -0.25) is 9.36 Å². The SMILES string of the molecule is CCCCCCCCCCCCC/C=C/[C@@H](O)[C@H](COP(=O)([O-])OCC[N+](C)(C)C)NC(=O)CCCCCCCCCCCCCCCCCCCCCC. The van der Waals surface area contributed by atoms with E-state index in [0.717, 1.165) is 38.5 Å². The van der Waals surface area contributed by atoms with Crippen molar-refractivity contribution in [1.29, 1.82) is 0 Å². The van der Waals surface area contributed by atoms with Crippen LogP contribution in [0.1, 0.15) is 226 Å². The number of phosphoric ester groups is 1. The molecule has 0 radical (unpaired) electrons. The normalized spacial score (nSPS) is 14.4. The molecule has 0 saturated heterocycles. The van der Waals surface area contributed by atoms with Gasteiger partial charge in [-0.2, -0.15) is 0 Å². The Labute approximate surface area is 342 Å². The van der Waals surface area contributed by atoms with Crippen molar-refractivity contribution in [1.82, 2.24) is 5.32 Å². The maximum Gasteiger partial charge on any atom is 0.268 e. The quantitative estimate of drug-likeness (QED) is 0.0275. The fraction of sp³-hybridized carbons (Fsp3) is 0.935. The molecule has 2 N–H and O–H groups in total. The van der Waals surface area contributed by atoms with Crippen LogP contribution in [0.25, 0.3) is 0 Å². The highest BCUT2D eigenvalue weighted by atomic mass is 31.2. The van der Waals surface area contributed by atoms with Gasteiger partial charge < -0.3 is 28.8 Å². The minimum absolute atomic E-state index is 0.00214. The van der Waals surface area contributed by atoms with Crippen LogP contribution in [0.5, 0.6) is 0 Å². The zero-order chi connectivity index (χ0) is 40.7. The van der Waals surface area contributed by atoms with Crippen LogP contribution in [0.2, 0.25) is 0 Å².